The molecule has 0 rings (SSSR count). The van der Waals surface area contributed by atoms with Crippen LogP contribution in [-0.2, 0) is 53.6 Å². The monoisotopic (exact) mass is 214 g/mol. The molecule has 0 aromatic rings. The second-order valence-corrected chi connectivity index (χ2v) is 0. The summed E-state index contributed by atoms with van der Waals surface area (Å²) in [4.78, 5) is 0. The fourth-order valence-electron chi connectivity index (χ4n) is 0. The molecule has 26 valence electrons. The smallest absolute Gasteiger partial charge is 0 e. The fraction of sp³-hybridized carbons (Fsp3) is 0. The van der Waals surface area contributed by atoms with Crippen LogP contribution in [0.1, 0.15) is 0 Å². The quantitative estimate of drug-likeness (QED) is 0.415. The van der Waals surface area contributed by atoms with Crippen LogP contribution in [0, 0.1) is 0 Å². The van der Waals surface area contributed by atoms with Crippen molar-refractivity contribution < 1.29 is 53.6 Å². The number of hydrogen-bond acceptors (Lipinski definition) is 0. The van der Waals surface area contributed by atoms with E-state index >= 15 is 0 Å². The van der Waals surface area contributed by atoms with Gasteiger partial charge in [0.05, 0.1) is 0 Å². The van der Waals surface area contributed by atoms with E-state index in [0.717, 1.165) is 0 Å². The van der Waals surface area contributed by atoms with Gasteiger partial charge in [0.1, 0.15) is 0 Å². The van der Waals surface area contributed by atoms with Gasteiger partial charge in [0.15, 0.2) is 0 Å². The van der Waals surface area contributed by atoms with Crippen molar-refractivity contribution in [2.75, 3.05) is 0 Å². The van der Waals surface area contributed by atoms with Gasteiger partial charge in [0.2, 0.25) is 0 Å². The van der Waals surface area contributed by atoms with Crippen molar-refractivity contribution in [1.82, 2.24) is 0 Å². The zero-order chi connectivity index (χ0) is 0. The molecule has 4 heteroatoms. The van der Waals surface area contributed by atoms with Crippen molar-refractivity contribution in [2.45, 2.75) is 0 Å². The summed E-state index contributed by atoms with van der Waals surface area (Å²) in [6.45, 7) is 0. The molecule has 0 fully saturated rings. The average Bonchev–Trinajstić information content (AvgIpc) is 0. The van der Waals surface area contributed by atoms with E-state index in [9.17, 15) is 0 Å². The second kappa shape index (κ2) is 19.5. The predicted octanol–water partition coefficient (Wildman–Crippen LogP) is 0.854. The summed E-state index contributed by atoms with van der Waals surface area (Å²) < 4.78 is 0. The Balaban J connectivity index is 0. The predicted molar refractivity (Wildman–Crippen MR) is 6.92 cm³/mol. The van der Waals surface area contributed by atoms with Crippen LogP contribution in [0.2, 0.25) is 0 Å². The molecule has 0 heterocycles. The van der Waals surface area contributed by atoms with E-state index in [4.69, 9.17) is 0 Å². The van der Waals surface area contributed by atoms with E-state index in [1.807, 2.05) is 0 Å². The molecule has 0 nitrogen and oxygen atoms in total. The van der Waals surface area contributed by atoms with Crippen LogP contribution in [0.25, 0.3) is 0 Å². The molecule has 4 heavy (non-hydrogen) atoms. The van der Waals surface area contributed by atoms with E-state index in [-0.39, 0.29) is 63.5 Å². The van der Waals surface area contributed by atoms with Gasteiger partial charge in [-0.2, -0.15) is 0 Å². The summed E-state index contributed by atoms with van der Waals surface area (Å²) in [5, 5.41) is 0. The van der Waals surface area contributed by atoms with Gasteiger partial charge in [-0.25, -0.2) is 0 Å². The number of hydrogen-bond donors (Lipinski definition) is 0. The zero-order valence-electron chi connectivity index (χ0n) is 1.81. The normalized spacial score (nSPS) is 0. The first-order chi connectivity index (χ1) is 0. The van der Waals surface area contributed by atoms with Gasteiger partial charge in [0.25, 0.3) is 0 Å². The summed E-state index contributed by atoms with van der Waals surface area (Å²) in [6, 6.07) is 0. The molecular formula is CuFePZn. The Kier molecular flexibility index (Phi) is 176. The van der Waals surface area contributed by atoms with Crippen LogP contribution < -0.4 is 0 Å². The molecule has 0 aromatic heterocycles. The summed E-state index contributed by atoms with van der Waals surface area (Å²) in [7, 11) is 0. The Hall–Kier alpha value is 2.09. The summed E-state index contributed by atoms with van der Waals surface area (Å²) in [5.41, 5.74) is 0. The van der Waals surface area contributed by atoms with Gasteiger partial charge in [-0.3, -0.25) is 0 Å². The molecule has 0 aromatic carbocycles. The van der Waals surface area contributed by atoms with Crippen molar-refractivity contribution in [3.8, 4) is 0 Å². The topological polar surface area (TPSA) is 0 Å². The molecule has 0 atom stereocenters. The van der Waals surface area contributed by atoms with E-state index < -0.39 is 0 Å². The molecule has 0 unspecified atom stereocenters. The maximum Gasteiger partial charge on any atom is 0 e. The van der Waals surface area contributed by atoms with E-state index in [1.54, 1.807) is 0 Å². The van der Waals surface area contributed by atoms with Crippen LogP contribution >= 0.6 is 9.90 Å². The Morgan fingerprint density at radius 1 is 1.00 bits per heavy atom. The standard InChI is InChI=1S/Cu.Fe.P.Zn. The van der Waals surface area contributed by atoms with E-state index in [1.165, 1.54) is 0 Å². The average molecular weight is 216 g/mol. The maximum atomic E-state index is 0. The Morgan fingerprint density at radius 2 is 1.00 bits per heavy atom. The molecule has 0 aliphatic rings. The van der Waals surface area contributed by atoms with Crippen molar-refractivity contribution in [1.29, 1.82) is 0 Å². The van der Waals surface area contributed by atoms with Crippen LogP contribution in [0.4, 0.5) is 0 Å². The molecule has 0 saturated heterocycles. The third kappa shape index (κ3) is 8.94. The summed E-state index contributed by atoms with van der Waals surface area (Å²) in [6.07, 6.45) is 0. The largest absolute Gasteiger partial charge is 0 e. The first-order valence-electron chi connectivity index (χ1n) is 0. The molecule has 0 saturated carbocycles. The SMILES string of the molecule is [Cu].[Fe].[P].[Zn]. The molecular weight excluding hydrogens is 216 g/mol. The Labute approximate surface area is 63.2 Å². The number of rotatable bonds is 0. The fourth-order valence-corrected chi connectivity index (χ4v) is 0. The van der Waals surface area contributed by atoms with Gasteiger partial charge in [-0.1, -0.05) is 0 Å². The Morgan fingerprint density at radius 3 is 1.00 bits per heavy atom. The minimum Gasteiger partial charge on any atom is 0 e. The van der Waals surface area contributed by atoms with Gasteiger partial charge >= 0.3 is 0 Å². The molecule has 0 aliphatic carbocycles. The van der Waals surface area contributed by atoms with Crippen LogP contribution in [0.15, 0.2) is 0 Å². The van der Waals surface area contributed by atoms with Crippen molar-refractivity contribution >= 4 is 9.90 Å². The van der Waals surface area contributed by atoms with Gasteiger partial charge in [-0.05, 0) is 0 Å². The van der Waals surface area contributed by atoms with Gasteiger partial charge in [0, 0.05) is 63.5 Å². The Bertz CT molecular complexity index is 8.00. The van der Waals surface area contributed by atoms with E-state index in [2.05, 4.69) is 0 Å². The molecule has 0 N–H and O–H groups in total. The molecule has 4 radical (unpaired) electrons. The summed E-state index contributed by atoms with van der Waals surface area (Å²) >= 11 is 0. The van der Waals surface area contributed by atoms with Gasteiger partial charge < -0.3 is 0 Å². The third-order valence-electron chi connectivity index (χ3n) is 0. The molecule has 0 amide bonds. The second-order valence-electron chi connectivity index (χ2n) is 0. The van der Waals surface area contributed by atoms with Gasteiger partial charge in [-0.15, -0.1) is 0 Å². The first-order valence-corrected chi connectivity index (χ1v) is 0. The minimum atomic E-state index is 0. The third-order valence-corrected chi connectivity index (χ3v) is 0. The van der Waals surface area contributed by atoms with Crippen molar-refractivity contribution in [3.63, 3.8) is 0 Å². The zero-order valence-corrected chi connectivity index (χ0v) is 7.72. The molecule has 0 bridgehead atoms. The van der Waals surface area contributed by atoms with Crippen molar-refractivity contribution in [2.24, 2.45) is 0 Å². The van der Waals surface area contributed by atoms with Crippen molar-refractivity contribution in [3.05, 3.63) is 0 Å². The maximum absolute atomic E-state index is 0. The molecule has 0 spiro atoms. The molecule has 0 aliphatic heterocycles. The first kappa shape index (κ1) is 36.1. The summed E-state index contributed by atoms with van der Waals surface area (Å²) in [5.74, 6) is 0. The van der Waals surface area contributed by atoms with E-state index in [0.29, 0.717) is 0 Å². The minimum absolute atomic E-state index is 0. The van der Waals surface area contributed by atoms with Crippen LogP contribution in [0.3, 0.4) is 0 Å². The van der Waals surface area contributed by atoms with Crippen LogP contribution in [0.5, 0.6) is 0 Å². The van der Waals surface area contributed by atoms with Crippen LogP contribution in [-0.4, -0.2) is 0 Å².